The molecule has 13 heavy (non-hydrogen) atoms. The summed E-state index contributed by atoms with van der Waals surface area (Å²) in [6, 6.07) is 0. The number of rotatable bonds is 7. The van der Waals surface area contributed by atoms with Crippen molar-refractivity contribution >= 4 is 17.7 Å². The molecule has 2 N–H and O–H groups in total. The summed E-state index contributed by atoms with van der Waals surface area (Å²) < 4.78 is 0. The Labute approximate surface area is 84.3 Å². The molecule has 0 radical (unpaired) electrons. The smallest absolute Gasteiger partial charge is 0.232 e. The Hall–Kier alpha value is -0.220. The number of amides is 1. The lowest BCUT2D eigenvalue weighted by atomic mass is 10.3. The molecule has 4 heteroatoms. The van der Waals surface area contributed by atoms with Crippen LogP contribution in [0.3, 0.4) is 0 Å². The van der Waals surface area contributed by atoms with E-state index < -0.39 is 0 Å². The molecule has 0 saturated heterocycles. The van der Waals surface area contributed by atoms with E-state index in [2.05, 4.69) is 12.2 Å². The van der Waals surface area contributed by atoms with Gasteiger partial charge in [-0.05, 0) is 13.3 Å². The zero-order chi connectivity index (χ0) is 10.1. The number of hydrogen-bond donors (Lipinski definition) is 2. The van der Waals surface area contributed by atoms with E-state index in [1.807, 2.05) is 6.92 Å². The summed E-state index contributed by atoms with van der Waals surface area (Å²) in [6.07, 6.45) is 2.13. The quantitative estimate of drug-likeness (QED) is 0.610. The number of aliphatic hydroxyl groups is 1. The van der Waals surface area contributed by atoms with Crippen LogP contribution in [-0.4, -0.2) is 35.2 Å². The third-order valence-electron chi connectivity index (χ3n) is 1.66. The average molecular weight is 205 g/mol. The SMILES string of the molecule is CCCCNC(=O)C(C)SCCO. The predicted octanol–water partition coefficient (Wildman–Crippen LogP) is 1.02. The molecule has 0 rings (SSSR count). The first-order chi connectivity index (χ1) is 6.22. The van der Waals surface area contributed by atoms with E-state index in [4.69, 9.17) is 5.11 Å². The van der Waals surface area contributed by atoms with Gasteiger partial charge in [0.2, 0.25) is 5.91 Å². The van der Waals surface area contributed by atoms with Crippen molar-refractivity contribution in [2.75, 3.05) is 18.9 Å². The zero-order valence-corrected chi connectivity index (χ0v) is 9.19. The Balaban J connectivity index is 3.45. The molecule has 1 atom stereocenters. The number of thioether (sulfide) groups is 1. The highest BCUT2D eigenvalue weighted by atomic mass is 32.2. The van der Waals surface area contributed by atoms with E-state index in [1.54, 1.807) is 0 Å². The minimum Gasteiger partial charge on any atom is -0.396 e. The Bertz CT molecular complexity index is 142. The Kier molecular flexibility index (Phi) is 8.24. The van der Waals surface area contributed by atoms with Gasteiger partial charge < -0.3 is 10.4 Å². The second-order valence-electron chi connectivity index (χ2n) is 2.88. The highest BCUT2D eigenvalue weighted by Crippen LogP contribution is 2.08. The molecule has 0 heterocycles. The fraction of sp³-hybridized carbons (Fsp3) is 0.889. The van der Waals surface area contributed by atoms with E-state index in [-0.39, 0.29) is 17.8 Å². The maximum absolute atomic E-state index is 11.3. The van der Waals surface area contributed by atoms with Gasteiger partial charge >= 0.3 is 0 Å². The van der Waals surface area contributed by atoms with Crippen molar-refractivity contribution in [1.29, 1.82) is 0 Å². The maximum atomic E-state index is 11.3. The first kappa shape index (κ1) is 12.8. The Morgan fingerprint density at radius 2 is 2.31 bits per heavy atom. The van der Waals surface area contributed by atoms with Crippen LogP contribution >= 0.6 is 11.8 Å². The van der Waals surface area contributed by atoms with Gasteiger partial charge in [-0.3, -0.25) is 4.79 Å². The summed E-state index contributed by atoms with van der Waals surface area (Å²) in [6.45, 7) is 4.86. The van der Waals surface area contributed by atoms with Gasteiger partial charge in [-0.15, -0.1) is 11.8 Å². The second kappa shape index (κ2) is 8.38. The van der Waals surface area contributed by atoms with Gasteiger partial charge in [0.1, 0.15) is 0 Å². The van der Waals surface area contributed by atoms with Crippen LogP contribution in [0.5, 0.6) is 0 Å². The van der Waals surface area contributed by atoms with Crippen LogP contribution in [0.2, 0.25) is 0 Å². The minimum atomic E-state index is -0.0518. The fourth-order valence-electron chi connectivity index (χ4n) is 0.837. The van der Waals surface area contributed by atoms with Crippen LogP contribution in [0.1, 0.15) is 26.7 Å². The summed E-state index contributed by atoms with van der Waals surface area (Å²) in [4.78, 5) is 11.3. The zero-order valence-electron chi connectivity index (χ0n) is 8.38. The number of unbranched alkanes of at least 4 members (excludes halogenated alkanes) is 1. The van der Waals surface area contributed by atoms with Crippen molar-refractivity contribution in [3.8, 4) is 0 Å². The highest BCUT2D eigenvalue weighted by Gasteiger charge is 2.11. The largest absolute Gasteiger partial charge is 0.396 e. The van der Waals surface area contributed by atoms with Crippen molar-refractivity contribution in [1.82, 2.24) is 5.32 Å². The fourth-order valence-corrected chi connectivity index (χ4v) is 1.53. The van der Waals surface area contributed by atoms with E-state index in [9.17, 15) is 4.79 Å². The normalized spacial score (nSPS) is 12.5. The van der Waals surface area contributed by atoms with Crippen molar-refractivity contribution in [3.05, 3.63) is 0 Å². The van der Waals surface area contributed by atoms with Gasteiger partial charge in [0, 0.05) is 12.3 Å². The van der Waals surface area contributed by atoms with Gasteiger partial charge in [-0.25, -0.2) is 0 Å². The molecule has 0 aromatic rings. The lowest BCUT2D eigenvalue weighted by Gasteiger charge is -2.10. The summed E-state index contributed by atoms with van der Waals surface area (Å²) in [5.41, 5.74) is 0. The maximum Gasteiger partial charge on any atom is 0.232 e. The van der Waals surface area contributed by atoms with E-state index in [0.717, 1.165) is 19.4 Å². The molecule has 0 aliphatic heterocycles. The molecule has 0 aliphatic rings. The number of nitrogens with one attached hydrogen (secondary N) is 1. The molecular weight excluding hydrogens is 186 g/mol. The third kappa shape index (κ3) is 6.90. The van der Waals surface area contributed by atoms with Crippen LogP contribution < -0.4 is 5.32 Å². The molecule has 78 valence electrons. The highest BCUT2D eigenvalue weighted by molar-refractivity contribution is 8.00. The first-order valence-electron chi connectivity index (χ1n) is 4.72. The molecule has 0 aliphatic carbocycles. The van der Waals surface area contributed by atoms with Crippen LogP contribution in [0.15, 0.2) is 0 Å². The molecule has 0 aromatic carbocycles. The molecule has 0 fully saturated rings. The van der Waals surface area contributed by atoms with Gasteiger partial charge in [0.05, 0.1) is 11.9 Å². The number of aliphatic hydroxyl groups excluding tert-OH is 1. The predicted molar refractivity (Wildman–Crippen MR) is 56.9 cm³/mol. The van der Waals surface area contributed by atoms with Gasteiger partial charge in [-0.2, -0.15) is 0 Å². The summed E-state index contributed by atoms with van der Waals surface area (Å²) >= 11 is 1.48. The lowest BCUT2D eigenvalue weighted by molar-refractivity contribution is -0.120. The molecule has 0 aromatic heterocycles. The standard InChI is InChI=1S/C9H19NO2S/c1-3-4-5-10-9(12)8(2)13-7-6-11/h8,11H,3-7H2,1-2H3,(H,10,12). The third-order valence-corrected chi connectivity index (χ3v) is 2.79. The summed E-state index contributed by atoms with van der Waals surface area (Å²) in [7, 11) is 0. The van der Waals surface area contributed by atoms with Crippen molar-refractivity contribution < 1.29 is 9.90 Å². The van der Waals surface area contributed by atoms with Crippen LogP contribution in [-0.2, 0) is 4.79 Å². The van der Waals surface area contributed by atoms with Gasteiger partial charge in [0.25, 0.3) is 0 Å². The van der Waals surface area contributed by atoms with Crippen LogP contribution in [0.4, 0.5) is 0 Å². The molecule has 1 unspecified atom stereocenters. The molecule has 0 bridgehead atoms. The van der Waals surface area contributed by atoms with Crippen LogP contribution in [0, 0.1) is 0 Å². The molecular formula is C9H19NO2S. The van der Waals surface area contributed by atoms with Gasteiger partial charge in [-0.1, -0.05) is 13.3 Å². The Morgan fingerprint density at radius 3 is 2.85 bits per heavy atom. The molecule has 3 nitrogen and oxygen atoms in total. The summed E-state index contributed by atoms with van der Waals surface area (Å²) in [5, 5.41) is 11.4. The Morgan fingerprint density at radius 1 is 1.62 bits per heavy atom. The van der Waals surface area contributed by atoms with Crippen molar-refractivity contribution in [2.24, 2.45) is 0 Å². The first-order valence-corrected chi connectivity index (χ1v) is 5.77. The molecule has 0 saturated carbocycles. The lowest BCUT2D eigenvalue weighted by Crippen LogP contribution is -2.31. The molecule has 0 spiro atoms. The van der Waals surface area contributed by atoms with Crippen molar-refractivity contribution in [2.45, 2.75) is 31.9 Å². The van der Waals surface area contributed by atoms with E-state index in [1.165, 1.54) is 11.8 Å². The van der Waals surface area contributed by atoms with E-state index >= 15 is 0 Å². The number of carbonyl (C=O) groups is 1. The monoisotopic (exact) mass is 205 g/mol. The van der Waals surface area contributed by atoms with E-state index in [0.29, 0.717) is 5.75 Å². The van der Waals surface area contributed by atoms with Crippen LogP contribution in [0.25, 0.3) is 0 Å². The summed E-state index contributed by atoms with van der Waals surface area (Å²) in [5.74, 6) is 0.703. The number of hydrogen-bond acceptors (Lipinski definition) is 3. The number of carbonyl (C=O) groups excluding carboxylic acids is 1. The topological polar surface area (TPSA) is 49.3 Å². The average Bonchev–Trinajstić information content (AvgIpc) is 2.14. The minimum absolute atomic E-state index is 0.0518. The molecule has 1 amide bonds. The van der Waals surface area contributed by atoms with Crippen molar-refractivity contribution in [3.63, 3.8) is 0 Å². The second-order valence-corrected chi connectivity index (χ2v) is 4.33. The van der Waals surface area contributed by atoms with Gasteiger partial charge in [0.15, 0.2) is 0 Å².